The van der Waals surface area contributed by atoms with E-state index < -0.39 is 34.5 Å². The largest absolute Gasteiger partial charge is 0.308 e. The highest BCUT2D eigenvalue weighted by molar-refractivity contribution is 5.37. The first-order valence-corrected chi connectivity index (χ1v) is 3.24. The lowest BCUT2D eigenvalue weighted by Gasteiger charge is -1.98. The Morgan fingerprint density at radius 3 is 2.46 bits per heavy atom. The lowest BCUT2D eigenvalue weighted by Crippen LogP contribution is -1.97. The number of hydrogen-bond donors (Lipinski definition) is 0. The van der Waals surface area contributed by atoms with Gasteiger partial charge in [0.2, 0.25) is 5.82 Å². The van der Waals surface area contributed by atoms with Gasteiger partial charge >= 0.3 is 5.69 Å². The fourth-order valence-electron chi connectivity index (χ4n) is 0.860. The van der Waals surface area contributed by atoms with Gasteiger partial charge in [-0.1, -0.05) is 0 Å². The third kappa shape index (κ3) is 1.77. The van der Waals surface area contributed by atoms with Crippen LogP contribution in [0.4, 0.5) is 18.9 Å². The normalized spacial score (nSPS) is 10.1. The van der Waals surface area contributed by atoms with E-state index in [2.05, 4.69) is 0 Å². The molecule has 0 atom stereocenters. The summed E-state index contributed by atoms with van der Waals surface area (Å²) in [7, 11) is 0. The lowest BCUT2D eigenvalue weighted by atomic mass is 10.2. The van der Waals surface area contributed by atoms with Gasteiger partial charge in [-0.25, -0.2) is 8.78 Å². The monoisotopic (exact) mass is 191 g/mol. The molecule has 0 unspecified atom stereocenters. The van der Waals surface area contributed by atoms with Crippen molar-refractivity contribution >= 4 is 5.69 Å². The van der Waals surface area contributed by atoms with Gasteiger partial charge in [-0.15, -0.1) is 0 Å². The molecule has 70 valence electrons. The van der Waals surface area contributed by atoms with Gasteiger partial charge in [-0.2, -0.15) is 4.39 Å². The number of nitro benzene ring substituents is 1. The van der Waals surface area contributed by atoms with Crippen molar-refractivity contribution in [3.8, 4) is 0 Å². The van der Waals surface area contributed by atoms with Gasteiger partial charge in [0.1, 0.15) is 12.5 Å². The van der Waals surface area contributed by atoms with E-state index in [1.807, 2.05) is 0 Å². The molecule has 1 aromatic rings. The van der Waals surface area contributed by atoms with Crippen LogP contribution in [0.3, 0.4) is 0 Å². The van der Waals surface area contributed by atoms with Crippen molar-refractivity contribution in [2.24, 2.45) is 0 Å². The Bertz CT molecular complexity index is 354. The second-order valence-corrected chi connectivity index (χ2v) is 2.29. The molecule has 0 saturated carbocycles. The van der Waals surface area contributed by atoms with Gasteiger partial charge in [-0.05, 0) is 6.07 Å². The zero-order valence-corrected chi connectivity index (χ0v) is 6.26. The van der Waals surface area contributed by atoms with E-state index in [1.54, 1.807) is 0 Å². The molecule has 0 radical (unpaired) electrons. The molecule has 0 heterocycles. The van der Waals surface area contributed by atoms with Crippen LogP contribution in [0.2, 0.25) is 0 Å². The Morgan fingerprint density at radius 1 is 1.38 bits per heavy atom. The van der Waals surface area contributed by atoms with Crippen LogP contribution in [0.1, 0.15) is 5.56 Å². The summed E-state index contributed by atoms with van der Waals surface area (Å²) in [4.78, 5) is 9.02. The van der Waals surface area contributed by atoms with Crippen LogP contribution in [-0.2, 0) is 6.67 Å². The Morgan fingerprint density at radius 2 is 2.00 bits per heavy atom. The Hall–Kier alpha value is -1.59. The van der Waals surface area contributed by atoms with E-state index >= 15 is 0 Å². The molecule has 0 N–H and O–H groups in total. The predicted molar refractivity (Wildman–Crippen MR) is 37.8 cm³/mol. The SMILES string of the molecule is O=[N+]([O-])c1cc(F)cc(CF)c1F. The fraction of sp³-hybridized carbons (Fsp3) is 0.143. The highest BCUT2D eigenvalue weighted by atomic mass is 19.1. The first-order chi connectivity index (χ1) is 6.06. The van der Waals surface area contributed by atoms with Crippen LogP contribution in [0.15, 0.2) is 12.1 Å². The predicted octanol–water partition coefficient (Wildman–Crippen LogP) is 2.34. The van der Waals surface area contributed by atoms with Crippen molar-refractivity contribution in [2.45, 2.75) is 6.67 Å². The second-order valence-electron chi connectivity index (χ2n) is 2.29. The first kappa shape index (κ1) is 9.50. The minimum atomic E-state index is -1.33. The van der Waals surface area contributed by atoms with Crippen molar-refractivity contribution in [3.05, 3.63) is 39.4 Å². The number of benzene rings is 1. The van der Waals surface area contributed by atoms with Crippen LogP contribution in [0.5, 0.6) is 0 Å². The maximum absolute atomic E-state index is 12.9. The van der Waals surface area contributed by atoms with Gasteiger partial charge in [0, 0.05) is 5.56 Å². The van der Waals surface area contributed by atoms with E-state index in [0.29, 0.717) is 12.1 Å². The van der Waals surface area contributed by atoms with Crippen LogP contribution in [0, 0.1) is 21.7 Å². The third-order valence-corrected chi connectivity index (χ3v) is 1.43. The summed E-state index contributed by atoms with van der Waals surface area (Å²) in [5.41, 5.74) is -1.70. The van der Waals surface area contributed by atoms with E-state index in [1.165, 1.54) is 0 Å². The molecule has 3 nitrogen and oxygen atoms in total. The third-order valence-electron chi connectivity index (χ3n) is 1.43. The van der Waals surface area contributed by atoms with Crippen LogP contribution >= 0.6 is 0 Å². The molecular weight excluding hydrogens is 187 g/mol. The number of rotatable bonds is 2. The number of halogens is 3. The van der Waals surface area contributed by atoms with Crippen molar-refractivity contribution in [1.29, 1.82) is 0 Å². The minimum absolute atomic E-state index is 0.411. The highest BCUT2D eigenvalue weighted by Crippen LogP contribution is 2.22. The van der Waals surface area contributed by atoms with Crippen LogP contribution in [-0.4, -0.2) is 4.92 Å². The Labute approximate surface area is 70.9 Å². The van der Waals surface area contributed by atoms with Crippen LogP contribution in [0.25, 0.3) is 0 Å². The maximum Gasteiger partial charge on any atom is 0.308 e. The molecule has 0 spiro atoms. The molecule has 0 aromatic heterocycles. The molecule has 1 rings (SSSR count). The maximum atomic E-state index is 12.9. The molecule has 0 aliphatic carbocycles. The van der Waals surface area contributed by atoms with Gasteiger partial charge in [0.05, 0.1) is 11.0 Å². The minimum Gasteiger partial charge on any atom is -0.258 e. The lowest BCUT2D eigenvalue weighted by molar-refractivity contribution is -0.387. The molecule has 0 amide bonds. The molecule has 1 aromatic carbocycles. The van der Waals surface area contributed by atoms with Gasteiger partial charge in [0.15, 0.2) is 0 Å². The van der Waals surface area contributed by atoms with Gasteiger partial charge < -0.3 is 0 Å². The smallest absolute Gasteiger partial charge is 0.258 e. The summed E-state index contributed by atoms with van der Waals surface area (Å²) in [6, 6.07) is 0.997. The topological polar surface area (TPSA) is 43.1 Å². The summed E-state index contributed by atoms with van der Waals surface area (Å²) in [6.07, 6.45) is 0. The van der Waals surface area contributed by atoms with Crippen molar-refractivity contribution < 1.29 is 18.1 Å². The molecule has 0 aliphatic rings. The van der Waals surface area contributed by atoms with Crippen molar-refractivity contribution in [1.82, 2.24) is 0 Å². The van der Waals surface area contributed by atoms with E-state index in [4.69, 9.17) is 0 Å². The molecular formula is C7H4F3NO2. The average molecular weight is 191 g/mol. The Kier molecular flexibility index (Phi) is 2.50. The van der Waals surface area contributed by atoms with E-state index in [-0.39, 0.29) is 0 Å². The summed E-state index contributed by atoms with van der Waals surface area (Å²) >= 11 is 0. The average Bonchev–Trinajstić information content (AvgIpc) is 2.08. The molecule has 6 heteroatoms. The van der Waals surface area contributed by atoms with Gasteiger partial charge in [-0.3, -0.25) is 10.1 Å². The molecule has 0 aliphatic heterocycles. The van der Waals surface area contributed by atoms with Crippen LogP contribution < -0.4 is 0 Å². The Balaban J connectivity index is 3.35. The summed E-state index contributed by atoms with van der Waals surface area (Å²) in [5, 5.41) is 10.1. The number of hydrogen-bond acceptors (Lipinski definition) is 2. The molecule has 0 bridgehead atoms. The number of nitro groups is 1. The molecule has 0 fully saturated rings. The second kappa shape index (κ2) is 3.42. The highest BCUT2D eigenvalue weighted by Gasteiger charge is 2.19. The van der Waals surface area contributed by atoms with E-state index in [9.17, 15) is 23.3 Å². The van der Waals surface area contributed by atoms with Crippen molar-refractivity contribution in [2.75, 3.05) is 0 Å². The zero-order chi connectivity index (χ0) is 10.0. The summed E-state index contributed by atoms with van der Waals surface area (Å²) in [6.45, 7) is -1.27. The number of alkyl halides is 1. The summed E-state index contributed by atoms with van der Waals surface area (Å²) in [5.74, 6) is -2.35. The first-order valence-electron chi connectivity index (χ1n) is 3.24. The standard InChI is InChI=1S/C7H4F3NO2/c8-3-4-1-5(9)2-6(7(4)10)11(12)13/h1-2H,3H2. The molecule has 13 heavy (non-hydrogen) atoms. The molecule has 0 saturated heterocycles. The number of nitrogens with zero attached hydrogens (tertiary/aromatic N) is 1. The van der Waals surface area contributed by atoms with Crippen molar-refractivity contribution in [3.63, 3.8) is 0 Å². The van der Waals surface area contributed by atoms with E-state index in [0.717, 1.165) is 0 Å². The van der Waals surface area contributed by atoms with Gasteiger partial charge in [0.25, 0.3) is 0 Å². The zero-order valence-electron chi connectivity index (χ0n) is 6.26. The summed E-state index contributed by atoms with van der Waals surface area (Å²) < 4.78 is 37.4. The fourth-order valence-corrected chi connectivity index (χ4v) is 0.860. The quantitative estimate of drug-likeness (QED) is 0.531.